The van der Waals surface area contributed by atoms with Gasteiger partial charge in [0.1, 0.15) is 11.3 Å². The molecule has 5 aromatic rings. The molecule has 0 atom stereocenters. The first-order valence-corrected chi connectivity index (χ1v) is 9.90. The van der Waals surface area contributed by atoms with Gasteiger partial charge in [0.05, 0.1) is 15.9 Å². The monoisotopic (exact) mass is 403 g/mol. The van der Waals surface area contributed by atoms with Crippen LogP contribution in [0.2, 0.25) is 5.02 Å². The Morgan fingerprint density at radius 3 is 2.57 bits per heavy atom. The summed E-state index contributed by atoms with van der Waals surface area (Å²) in [6, 6.07) is 25.3. The molecular weight excluding hydrogens is 390 g/mol. The molecule has 0 unspecified atom stereocenters. The maximum Gasteiger partial charge on any atom is 0.166 e. The van der Waals surface area contributed by atoms with Gasteiger partial charge in [-0.1, -0.05) is 41.9 Å². The van der Waals surface area contributed by atoms with Crippen molar-refractivity contribution in [2.45, 2.75) is 0 Å². The van der Waals surface area contributed by atoms with Crippen LogP contribution in [-0.4, -0.2) is 4.98 Å². The zero-order chi connectivity index (χ0) is 18.9. The van der Waals surface area contributed by atoms with Crippen LogP contribution in [0.15, 0.2) is 88.4 Å². The Bertz CT molecular complexity index is 1320. The summed E-state index contributed by atoms with van der Waals surface area (Å²) in [6.45, 7) is 0. The molecule has 4 nitrogen and oxygen atoms in total. The highest BCUT2D eigenvalue weighted by atomic mass is 35.5. The number of benzene rings is 3. The second-order valence-corrected chi connectivity index (χ2v) is 7.68. The summed E-state index contributed by atoms with van der Waals surface area (Å²) in [7, 11) is 0. The van der Waals surface area contributed by atoms with Crippen LogP contribution in [0.1, 0.15) is 0 Å². The lowest BCUT2D eigenvalue weighted by molar-refractivity contribution is 0.628. The summed E-state index contributed by atoms with van der Waals surface area (Å²) >= 11 is 7.52. The minimum absolute atomic E-state index is 0.684. The molecule has 6 heteroatoms. The summed E-state index contributed by atoms with van der Waals surface area (Å²) in [5.41, 5.74) is 6.39. The van der Waals surface area contributed by atoms with E-state index in [0.29, 0.717) is 16.5 Å². The Morgan fingerprint density at radius 2 is 1.71 bits per heavy atom. The van der Waals surface area contributed by atoms with Gasteiger partial charge in [-0.15, -0.1) is 11.3 Å². The number of aromatic nitrogens is 1. The van der Waals surface area contributed by atoms with E-state index in [4.69, 9.17) is 21.0 Å². The fourth-order valence-corrected chi connectivity index (χ4v) is 3.96. The third kappa shape index (κ3) is 3.26. The number of para-hydroxylation sites is 2. The van der Waals surface area contributed by atoms with Crippen molar-refractivity contribution >= 4 is 49.8 Å². The summed E-state index contributed by atoms with van der Waals surface area (Å²) in [4.78, 5) is 4.83. The molecule has 0 spiro atoms. The molecule has 2 aromatic heterocycles. The highest BCUT2D eigenvalue weighted by Gasteiger charge is 2.12. The first-order chi connectivity index (χ1) is 13.8. The Hall–Kier alpha value is -3.15. The van der Waals surface area contributed by atoms with Gasteiger partial charge in [0, 0.05) is 10.4 Å². The highest BCUT2D eigenvalue weighted by molar-refractivity contribution is 7.16. The van der Waals surface area contributed by atoms with Gasteiger partial charge < -0.3 is 4.42 Å². The lowest BCUT2D eigenvalue weighted by Gasteiger charge is -2.03. The van der Waals surface area contributed by atoms with Crippen LogP contribution in [0.5, 0.6) is 0 Å². The zero-order valence-electron chi connectivity index (χ0n) is 14.6. The molecular formula is C22H14ClN3OS. The Kier molecular flexibility index (Phi) is 4.31. The van der Waals surface area contributed by atoms with Crippen LogP contribution < -0.4 is 10.1 Å². The van der Waals surface area contributed by atoms with Crippen LogP contribution in [-0.2, 0) is 0 Å². The van der Waals surface area contributed by atoms with Crippen molar-refractivity contribution in [3.8, 4) is 11.5 Å². The molecule has 1 N–H and O–H groups in total. The molecule has 3 aromatic carbocycles. The number of hydrogen-bond donors (Lipinski definition) is 1. The Labute approximate surface area is 169 Å². The molecule has 0 aliphatic rings. The van der Waals surface area contributed by atoms with Gasteiger partial charge in [-0.05, 0) is 48.5 Å². The zero-order valence-corrected chi connectivity index (χ0v) is 16.2. The Balaban J connectivity index is 1.68. The maximum atomic E-state index is 6.05. The highest BCUT2D eigenvalue weighted by Crippen LogP contribution is 2.27. The van der Waals surface area contributed by atoms with Crippen molar-refractivity contribution in [2.75, 3.05) is 5.43 Å². The molecule has 28 heavy (non-hydrogen) atoms. The topological polar surface area (TPSA) is 50.4 Å². The van der Waals surface area contributed by atoms with Crippen molar-refractivity contribution < 1.29 is 4.42 Å². The van der Waals surface area contributed by atoms with Gasteiger partial charge in [0.15, 0.2) is 10.4 Å². The normalized spacial score (nSPS) is 12.0. The van der Waals surface area contributed by atoms with Crippen LogP contribution in [0.4, 0.5) is 5.69 Å². The molecule has 0 amide bonds. The van der Waals surface area contributed by atoms with Gasteiger partial charge >= 0.3 is 0 Å². The second-order valence-electron chi connectivity index (χ2n) is 6.21. The first kappa shape index (κ1) is 17.0. The van der Waals surface area contributed by atoms with Crippen LogP contribution in [0.25, 0.3) is 32.6 Å². The third-order valence-electron chi connectivity index (χ3n) is 4.30. The van der Waals surface area contributed by atoms with Crippen molar-refractivity contribution in [3.05, 3.63) is 88.6 Å². The molecule has 2 heterocycles. The lowest BCUT2D eigenvalue weighted by Crippen LogP contribution is -2.08. The van der Waals surface area contributed by atoms with Crippen molar-refractivity contribution in [1.82, 2.24) is 4.98 Å². The fraction of sp³-hybridized carbons (Fsp3) is 0. The SMILES string of the molecule is Clc1ccc(N/N=c2\sc3ccccc3nc2-c2cc3ccccc3o2)cc1. The number of halogens is 1. The van der Waals surface area contributed by atoms with E-state index in [1.807, 2.05) is 78.9 Å². The third-order valence-corrected chi connectivity index (χ3v) is 5.59. The van der Waals surface area contributed by atoms with E-state index in [1.54, 1.807) is 11.3 Å². The summed E-state index contributed by atoms with van der Waals surface area (Å²) < 4.78 is 7.85. The number of hydrogen-bond acceptors (Lipinski definition) is 5. The number of fused-ring (bicyclic) bond motifs is 2. The molecule has 0 aliphatic heterocycles. The summed E-state index contributed by atoms with van der Waals surface area (Å²) in [5.74, 6) is 0.694. The van der Waals surface area contributed by atoms with Gasteiger partial charge in [0.25, 0.3) is 0 Å². The largest absolute Gasteiger partial charge is 0.454 e. The number of furan rings is 1. The van der Waals surface area contributed by atoms with Crippen LogP contribution in [0, 0.1) is 0 Å². The van der Waals surface area contributed by atoms with E-state index < -0.39 is 0 Å². The molecule has 5 rings (SSSR count). The van der Waals surface area contributed by atoms with E-state index >= 15 is 0 Å². The van der Waals surface area contributed by atoms with Gasteiger partial charge in [-0.25, -0.2) is 4.98 Å². The van der Waals surface area contributed by atoms with E-state index in [-0.39, 0.29) is 0 Å². The van der Waals surface area contributed by atoms with Gasteiger partial charge in [0.2, 0.25) is 0 Å². The van der Waals surface area contributed by atoms with Crippen molar-refractivity contribution in [3.63, 3.8) is 0 Å². The molecule has 0 bridgehead atoms. The van der Waals surface area contributed by atoms with E-state index in [9.17, 15) is 0 Å². The fourth-order valence-electron chi connectivity index (χ4n) is 2.93. The van der Waals surface area contributed by atoms with E-state index in [2.05, 4.69) is 10.5 Å². The predicted molar refractivity (Wildman–Crippen MR) is 115 cm³/mol. The lowest BCUT2D eigenvalue weighted by atomic mass is 10.2. The van der Waals surface area contributed by atoms with E-state index in [1.165, 1.54) is 0 Å². The number of nitrogens with one attached hydrogen (secondary N) is 1. The quantitative estimate of drug-likeness (QED) is 0.360. The summed E-state index contributed by atoms with van der Waals surface area (Å²) in [6.07, 6.45) is 0. The molecule has 0 saturated carbocycles. The van der Waals surface area contributed by atoms with Crippen molar-refractivity contribution in [2.24, 2.45) is 5.10 Å². The number of nitrogens with zero attached hydrogens (tertiary/aromatic N) is 2. The van der Waals surface area contributed by atoms with Crippen LogP contribution in [0.3, 0.4) is 0 Å². The molecule has 0 radical (unpaired) electrons. The average Bonchev–Trinajstić information content (AvgIpc) is 3.17. The first-order valence-electron chi connectivity index (χ1n) is 8.70. The minimum atomic E-state index is 0.684. The molecule has 136 valence electrons. The van der Waals surface area contributed by atoms with E-state index in [0.717, 1.165) is 31.5 Å². The predicted octanol–water partition coefficient (Wildman–Crippen LogP) is 6.29. The molecule has 0 aliphatic carbocycles. The summed E-state index contributed by atoms with van der Waals surface area (Å²) in [5, 5.41) is 6.33. The Morgan fingerprint density at radius 1 is 0.929 bits per heavy atom. The number of anilines is 1. The average molecular weight is 404 g/mol. The smallest absolute Gasteiger partial charge is 0.166 e. The van der Waals surface area contributed by atoms with Crippen LogP contribution >= 0.6 is 22.9 Å². The molecule has 0 fully saturated rings. The maximum absolute atomic E-state index is 6.05. The standard InChI is InChI=1S/C22H14ClN3OS/c23-15-9-11-16(12-10-15)25-26-22-21(24-17-6-2-4-8-20(17)28-22)19-13-14-5-1-3-7-18(14)27-19/h1-13,25H/b26-22-. The second kappa shape index (κ2) is 7.11. The van der Waals surface area contributed by atoms with Crippen molar-refractivity contribution in [1.29, 1.82) is 0 Å². The number of rotatable bonds is 3. The van der Waals surface area contributed by atoms with Gasteiger partial charge in [-0.3, -0.25) is 5.43 Å². The molecule has 0 saturated heterocycles. The minimum Gasteiger partial charge on any atom is -0.454 e. The van der Waals surface area contributed by atoms with Gasteiger partial charge in [-0.2, -0.15) is 5.10 Å².